The molecule has 30 heavy (non-hydrogen) atoms. The van der Waals surface area contributed by atoms with Gasteiger partial charge in [-0.3, -0.25) is 0 Å². The first-order chi connectivity index (χ1) is 14.6. The summed E-state index contributed by atoms with van der Waals surface area (Å²) in [4.78, 5) is 7.60. The van der Waals surface area contributed by atoms with Gasteiger partial charge in [-0.1, -0.05) is 17.7 Å². The summed E-state index contributed by atoms with van der Waals surface area (Å²) in [6.45, 7) is 3.32. The second-order valence-electron chi connectivity index (χ2n) is 7.50. The van der Waals surface area contributed by atoms with Crippen molar-refractivity contribution in [3.63, 3.8) is 0 Å². The van der Waals surface area contributed by atoms with Gasteiger partial charge in [0.1, 0.15) is 11.4 Å². The molecule has 2 aliphatic rings. The van der Waals surface area contributed by atoms with Crippen LogP contribution in [0.4, 0.5) is 5.95 Å². The maximum absolute atomic E-state index is 11.9. The molecule has 1 unspecified atom stereocenters. The number of allylic oxidation sites excluding steroid dienone is 4. The molecule has 1 fully saturated rings. The molecule has 1 aliphatic carbocycles. The van der Waals surface area contributed by atoms with Gasteiger partial charge in [0.25, 0.3) is 0 Å². The quantitative estimate of drug-likeness (QED) is 0.755. The Morgan fingerprint density at radius 3 is 2.57 bits per heavy atom. The molecule has 2 aromatic rings. The third-order valence-corrected chi connectivity index (χ3v) is 6.00. The Morgan fingerprint density at radius 2 is 1.90 bits per heavy atom. The number of hydrogen-bond donors (Lipinski definition) is 1. The van der Waals surface area contributed by atoms with E-state index < -0.39 is 0 Å². The molecule has 0 saturated carbocycles. The third kappa shape index (κ3) is 4.20. The van der Waals surface area contributed by atoms with Crippen LogP contribution in [-0.4, -0.2) is 55.7 Å². The van der Waals surface area contributed by atoms with Crippen LogP contribution in [0, 0.1) is 0 Å². The van der Waals surface area contributed by atoms with Gasteiger partial charge in [-0.2, -0.15) is 0 Å². The normalized spacial score (nSPS) is 19.6. The van der Waals surface area contributed by atoms with E-state index in [0.717, 1.165) is 16.9 Å². The summed E-state index contributed by atoms with van der Waals surface area (Å²) in [6, 6.07) is 7.58. The Labute approximate surface area is 179 Å². The van der Waals surface area contributed by atoms with E-state index in [1.54, 1.807) is 7.11 Å². The van der Waals surface area contributed by atoms with Crippen LogP contribution in [0.5, 0.6) is 5.75 Å². The van der Waals surface area contributed by atoms with Gasteiger partial charge < -0.3 is 14.7 Å². The summed E-state index contributed by atoms with van der Waals surface area (Å²) in [5.74, 6) is 1.00. The first-order valence-corrected chi connectivity index (χ1v) is 10.7. The van der Waals surface area contributed by atoms with E-state index in [0.29, 0.717) is 59.4 Å². The van der Waals surface area contributed by atoms with Crippen molar-refractivity contribution >= 4 is 22.1 Å². The van der Waals surface area contributed by atoms with Gasteiger partial charge in [-0.25, -0.2) is 9.19 Å². The highest BCUT2D eigenvalue weighted by atomic mass is 32.1. The van der Waals surface area contributed by atoms with Gasteiger partial charge in [0.2, 0.25) is 5.95 Å². The molecule has 0 spiro atoms. The molecule has 0 bridgehead atoms. The van der Waals surface area contributed by atoms with Crippen molar-refractivity contribution in [2.75, 3.05) is 25.1 Å². The Bertz CT molecular complexity index is 1040. The van der Waals surface area contributed by atoms with Gasteiger partial charge in [0, 0.05) is 18.7 Å². The van der Waals surface area contributed by atoms with Gasteiger partial charge >= 0.3 is 0 Å². The molecule has 1 aliphatic heterocycles. The first-order valence-electron chi connectivity index (χ1n) is 9.94. The number of nitrogens with zero attached hydrogens (tertiary/aromatic N) is 4. The number of ether oxygens (including phenoxy) is 1. The molecule has 1 aromatic carbocycles. The maximum Gasteiger partial charge on any atom is 0.245 e. The zero-order valence-electron chi connectivity index (χ0n) is 17.0. The highest BCUT2D eigenvalue weighted by Gasteiger charge is 2.27. The molecule has 2 heterocycles. The molecule has 1 saturated heterocycles. The fourth-order valence-corrected chi connectivity index (χ4v) is 4.23. The van der Waals surface area contributed by atoms with Crippen molar-refractivity contribution in [3.8, 4) is 17.0 Å². The van der Waals surface area contributed by atoms with Crippen molar-refractivity contribution in [3.05, 3.63) is 53.8 Å². The number of rotatable bonds is 4. The number of hydrogen-bond acceptors (Lipinski definition) is 7. The van der Waals surface area contributed by atoms with E-state index in [1.807, 2.05) is 54.3 Å². The number of anilines is 1. The van der Waals surface area contributed by atoms with Crippen molar-refractivity contribution in [1.82, 2.24) is 15.2 Å². The number of aliphatic hydroxyl groups excluding tert-OH is 1. The van der Waals surface area contributed by atoms with Gasteiger partial charge in [-0.15, -0.1) is 10.2 Å². The van der Waals surface area contributed by atoms with Crippen LogP contribution < -0.4 is 9.64 Å². The van der Waals surface area contributed by atoms with Crippen molar-refractivity contribution < 1.29 is 14.1 Å². The average molecular weight is 425 g/mol. The van der Waals surface area contributed by atoms with Crippen LogP contribution in [0.15, 0.2) is 48.1 Å². The van der Waals surface area contributed by atoms with Crippen molar-refractivity contribution in [2.45, 2.75) is 31.8 Å². The predicted molar refractivity (Wildman–Crippen MR) is 118 cm³/mol. The molecule has 8 heteroatoms. The van der Waals surface area contributed by atoms with E-state index >= 15 is 0 Å². The minimum Gasteiger partial charge on any atom is -0.497 e. The number of aromatic nitrogens is 3. The summed E-state index contributed by atoms with van der Waals surface area (Å²) < 4.78 is 17.1. The number of methoxy groups -OCH3 is 1. The third-order valence-electron chi connectivity index (χ3n) is 5.43. The Kier molecular flexibility index (Phi) is 6.06. The molecule has 1 aromatic heterocycles. The fraction of sp³-hybridized carbons (Fsp3) is 0.364. The predicted octanol–water partition coefficient (Wildman–Crippen LogP) is 2.49. The zero-order valence-corrected chi connectivity index (χ0v) is 17.8. The second-order valence-corrected chi connectivity index (χ2v) is 8.14. The lowest BCUT2D eigenvalue weighted by Gasteiger charge is -2.30. The molecule has 4 rings (SSSR count). The van der Waals surface area contributed by atoms with E-state index in [1.165, 1.54) is 0 Å². The van der Waals surface area contributed by atoms with E-state index in [9.17, 15) is 9.32 Å². The van der Waals surface area contributed by atoms with Crippen LogP contribution in [0.2, 0.25) is 0 Å². The van der Waals surface area contributed by atoms with E-state index in [-0.39, 0.29) is 12.0 Å². The van der Waals surface area contributed by atoms with Crippen LogP contribution >= 0.6 is 0 Å². The molecule has 1 N–H and O–H groups in total. The summed E-state index contributed by atoms with van der Waals surface area (Å²) >= 11 is 0.488. The summed E-state index contributed by atoms with van der Waals surface area (Å²) in [5.41, 5.74) is 3.24. The number of benzene rings is 1. The molecular formula is C22H24N4O3S. The Morgan fingerprint density at radius 1 is 1.17 bits per heavy atom. The molecule has 1 atom stereocenters. The smallest absolute Gasteiger partial charge is 0.245 e. The summed E-state index contributed by atoms with van der Waals surface area (Å²) in [5, 5.41) is 18.7. The Hall–Kier alpha value is -2.84. The van der Waals surface area contributed by atoms with E-state index in [2.05, 4.69) is 10.2 Å². The molecule has 0 radical (unpaired) electrons. The topological polar surface area (TPSA) is 88.4 Å². The average Bonchev–Trinajstić information content (AvgIpc) is 2.79. The monoisotopic (exact) mass is 424 g/mol. The SMILES string of the molecule is COc1ccc(-c2nnc(N3CCC(O)CC3)nc2C2C=CC(C)=CC2=S=O)cc1. The lowest BCUT2D eigenvalue weighted by Crippen LogP contribution is -2.37. The van der Waals surface area contributed by atoms with Crippen molar-refractivity contribution in [2.24, 2.45) is 0 Å². The minimum atomic E-state index is -0.280. The number of piperidine rings is 1. The summed E-state index contributed by atoms with van der Waals surface area (Å²) in [7, 11) is 1.63. The van der Waals surface area contributed by atoms with E-state index in [4.69, 9.17) is 9.72 Å². The van der Waals surface area contributed by atoms with Gasteiger partial charge in [0.05, 0.1) is 40.9 Å². The fourth-order valence-electron chi connectivity index (χ4n) is 3.71. The maximum atomic E-state index is 11.9. The molecule has 156 valence electrons. The van der Waals surface area contributed by atoms with Gasteiger partial charge in [-0.05, 0) is 50.1 Å². The lowest BCUT2D eigenvalue weighted by molar-refractivity contribution is 0.145. The van der Waals surface area contributed by atoms with Gasteiger partial charge in [0.15, 0.2) is 0 Å². The minimum absolute atomic E-state index is 0.279. The highest BCUT2D eigenvalue weighted by molar-refractivity contribution is 7.67. The highest BCUT2D eigenvalue weighted by Crippen LogP contribution is 2.32. The number of aliphatic hydroxyl groups is 1. The molecule has 0 amide bonds. The van der Waals surface area contributed by atoms with Crippen LogP contribution in [0.25, 0.3) is 11.3 Å². The standard InChI is InChI=1S/C22H24N4O3S/c1-14-3-8-18(19(13-14)30-28)21-20(15-4-6-17(29-2)7-5-15)24-25-22(23-21)26-11-9-16(27)10-12-26/h3-8,13,16,18,27H,9-12H2,1-2H3. The summed E-state index contributed by atoms with van der Waals surface area (Å²) in [6.07, 6.45) is 6.98. The largest absolute Gasteiger partial charge is 0.497 e. The zero-order chi connectivity index (χ0) is 21.1. The first kappa shape index (κ1) is 20.4. The molecular weight excluding hydrogens is 400 g/mol. The second kappa shape index (κ2) is 8.89. The Balaban J connectivity index is 1.79. The van der Waals surface area contributed by atoms with Crippen LogP contribution in [-0.2, 0) is 11.3 Å². The van der Waals surface area contributed by atoms with Crippen molar-refractivity contribution in [1.29, 1.82) is 0 Å². The van der Waals surface area contributed by atoms with Crippen LogP contribution in [0.1, 0.15) is 31.4 Å². The lowest BCUT2D eigenvalue weighted by atomic mass is 9.91. The van der Waals surface area contributed by atoms with Crippen LogP contribution in [0.3, 0.4) is 0 Å². The molecule has 7 nitrogen and oxygen atoms in total.